The molecular formula is C22H26N2O3S. The van der Waals surface area contributed by atoms with E-state index in [-0.39, 0.29) is 5.91 Å². The minimum absolute atomic E-state index is 0.100. The van der Waals surface area contributed by atoms with Crippen molar-refractivity contribution >= 4 is 28.5 Å². The van der Waals surface area contributed by atoms with E-state index < -0.39 is 0 Å². The lowest BCUT2D eigenvalue weighted by molar-refractivity contribution is -0.124. The minimum Gasteiger partial charge on any atom is -0.493 e. The Labute approximate surface area is 170 Å². The summed E-state index contributed by atoms with van der Waals surface area (Å²) in [5.41, 5.74) is 3.24. The Morgan fingerprint density at radius 2 is 1.79 bits per heavy atom. The highest BCUT2D eigenvalue weighted by Gasteiger charge is 2.27. The highest BCUT2D eigenvalue weighted by atomic mass is 32.2. The standard InChI is InChI=1S/C22H26N2O3S/c1-15(2)17-6-8-18(9-7-17)23-22-24(21(25)14-28-22)12-11-16-5-10-19(26-3)20(13-16)27-4/h5-10,13,15H,11-12,14H2,1-4H3. The van der Waals surface area contributed by atoms with Gasteiger partial charge in [-0.2, -0.15) is 0 Å². The summed E-state index contributed by atoms with van der Waals surface area (Å²) in [6, 6.07) is 14.1. The van der Waals surface area contributed by atoms with Crippen LogP contribution in [-0.2, 0) is 11.2 Å². The zero-order chi connectivity index (χ0) is 20.1. The topological polar surface area (TPSA) is 51.1 Å². The van der Waals surface area contributed by atoms with Gasteiger partial charge in [0, 0.05) is 6.54 Å². The van der Waals surface area contributed by atoms with Gasteiger partial charge in [-0.05, 0) is 47.7 Å². The van der Waals surface area contributed by atoms with Gasteiger partial charge in [-0.1, -0.05) is 43.8 Å². The van der Waals surface area contributed by atoms with E-state index >= 15 is 0 Å². The molecule has 0 aliphatic carbocycles. The van der Waals surface area contributed by atoms with Gasteiger partial charge in [0.05, 0.1) is 25.7 Å². The first-order valence-electron chi connectivity index (χ1n) is 9.34. The van der Waals surface area contributed by atoms with Crippen LogP contribution in [-0.4, -0.2) is 42.5 Å². The molecule has 148 valence electrons. The molecule has 1 fully saturated rings. The summed E-state index contributed by atoms with van der Waals surface area (Å²) in [5.74, 6) is 2.42. The van der Waals surface area contributed by atoms with Crippen molar-refractivity contribution in [3.05, 3.63) is 53.6 Å². The van der Waals surface area contributed by atoms with Crippen molar-refractivity contribution in [1.82, 2.24) is 4.90 Å². The Kier molecular flexibility index (Phi) is 6.62. The number of nitrogens with zero attached hydrogens (tertiary/aromatic N) is 2. The molecule has 0 aromatic heterocycles. The van der Waals surface area contributed by atoms with Crippen molar-refractivity contribution in [3.63, 3.8) is 0 Å². The molecule has 0 unspecified atom stereocenters. The third-order valence-corrected chi connectivity index (χ3v) is 5.67. The first-order valence-corrected chi connectivity index (χ1v) is 10.3. The Morgan fingerprint density at radius 3 is 2.43 bits per heavy atom. The number of carbonyl (C=O) groups excluding carboxylic acids is 1. The van der Waals surface area contributed by atoms with E-state index in [1.165, 1.54) is 17.3 Å². The molecule has 28 heavy (non-hydrogen) atoms. The van der Waals surface area contributed by atoms with Gasteiger partial charge in [0.2, 0.25) is 5.91 Å². The van der Waals surface area contributed by atoms with Crippen LogP contribution in [0.4, 0.5) is 5.69 Å². The molecule has 6 heteroatoms. The number of methoxy groups -OCH3 is 2. The van der Waals surface area contributed by atoms with Crippen LogP contribution < -0.4 is 9.47 Å². The molecule has 0 atom stereocenters. The SMILES string of the molecule is COc1ccc(CCN2C(=O)CSC2=Nc2ccc(C(C)C)cc2)cc1OC. The van der Waals surface area contributed by atoms with Crippen molar-refractivity contribution in [2.45, 2.75) is 26.2 Å². The Hall–Kier alpha value is -2.47. The van der Waals surface area contributed by atoms with Crippen molar-refractivity contribution in [2.24, 2.45) is 4.99 Å². The number of rotatable bonds is 7. The van der Waals surface area contributed by atoms with Crippen LogP contribution in [0, 0.1) is 0 Å². The van der Waals surface area contributed by atoms with Crippen LogP contribution >= 0.6 is 11.8 Å². The average Bonchev–Trinajstić information content (AvgIpc) is 3.05. The van der Waals surface area contributed by atoms with Gasteiger partial charge >= 0.3 is 0 Å². The molecule has 0 saturated carbocycles. The molecule has 5 nitrogen and oxygen atoms in total. The average molecular weight is 399 g/mol. The monoisotopic (exact) mass is 398 g/mol. The van der Waals surface area contributed by atoms with Gasteiger partial charge in [-0.3, -0.25) is 9.69 Å². The van der Waals surface area contributed by atoms with E-state index in [0.29, 0.717) is 29.7 Å². The van der Waals surface area contributed by atoms with Gasteiger partial charge in [0.1, 0.15) is 0 Å². The summed E-state index contributed by atoms with van der Waals surface area (Å²) in [7, 11) is 3.24. The molecule has 0 radical (unpaired) electrons. The summed E-state index contributed by atoms with van der Waals surface area (Å²) in [6.07, 6.45) is 0.720. The maximum Gasteiger partial charge on any atom is 0.239 e. The Morgan fingerprint density at radius 1 is 1.07 bits per heavy atom. The number of hydrogen-bond acceptors (Lipinski definition) is 5. The first-order chi connectivity index (χ1) is 13.5. The van der Waals surface area contributed by atoms with Gasteiger partial charge < -0.3 is 9.47 Å². The second-order valence-corrected chi connectivity index (χ2v) is 7.86. The van der Waals surface area contributed by atoms with E-state index in [1.807, 2.05) is 30.3 Å². The van der Waals surface area contributed by atoms with Gasteiger partial charge in [-0.25, -0.2) is 4.99 Å². The second-order valence-electron chi connectivity index (χ2n) is 6.91. The van der Waals surface area contributed by atoms with E-state index in [1.54, 1.807) is 19.1 Å². The van der Waals surface area contributed by atoms with E-state index in [2.05, 4.69) is 26.0 Å². The summed E-state index contributed by atoms with van der Waals surface area (Å²) in [6.45, 7) is 4.93. The fourth-order valence-electron chi connectivity index (χ4n) is 3.02. The third-order valence-electron chi connectivity index (χ3n) is 4.71. The molecule has 0 N–H and O–H groups in total. The van der Waals surface area contributed by atoms with E-state index in [0.717, 1.165) is 22.8 Å². The van der Waals surface area contributed by atoms with Crippen LogP contribution in [0.5, 0.6) is 11.5 Å². The second kappa shape index (κ2) is 9.15. The van der Waals surface area contributed by atoms with Crippen molar-refractivity contribution < 1.29 is 14.3 Å². The summed E-state index contributed by atoms with van der Waals surface area (Å²) in [5, 5.41) is 0.766. The Bertz CT molecular complexity index is 863. The number of amidine groups is 1. The summed E-state index contributed by atoms with van der Waals surface area (Å²) >= 11 is 1.49. The molecule has 0 spiro atoms. The summed E-state index contributed by atoms with van der Waals surface area (Å²) in [4.78, 5) is 18.8. The molecule has 1 saturated heterocycles. The predicted molar refractivity (Wildman–Crippen MR) is 115 cm³/mol. The lowest BCUT2D eigenvalue weighted by Gasteiger charge is -2.17. The van der Waals surface area contributed by atoms with Gasteiger partial charge in [0.25, 0.3) is 0 Å². The van der Waals surface area contributed by atoms with Crippen LogP contribution in [0.2, 0.25) is 0 Å². The third kappa shape index (κ3) is 4.68. The smallest absolute Gasteiger partial charge is 0.239 e. The van der Waals surface area contributed by atoms with Gasteiger partial charge in [-0.15, -0.1) is 0 Å². The molecule has 0 bridgehead atoms. The maximum absolute atomic E-state index is 12.3. The van der Waals surface area contributed by atoms with Crippen molar-refractivity contribution in [3.8, 4) is 11.5 Å². The zero-order valence-electron chi connectivity index (χ0n) is 16.8. The van der Waals surface area contributed by atoms with Crippen molar-refractivity contribution in [1.29, 1.82) is 0 Å². The lowest BCUT2D eigenvalue weighted by atomic mass is 10.0. The molecule has 1 aliphatic rings. The van der Waals surface area contributed by atoms with E-state index in [4.69, 9.17) is 14.5 Å². The molecular weight excluding hydrogens is 372 g/mol. The quantitative estimate of drug-likeness (QED) is 0.682. The molecule has 1 amide bonds. The molecule has 2 aromatic carbocycles. The highest BCUT2D eigenvalue weighted by Crippen LogP contribution is 2.29. The van der Waals surface area contributed by atoms with Gasteiger partial charge in [0.15, 0.2) is 16.7 Å². The van der Waals surface area contributed by atoms with E-state index in [9.17, 15) is 4.79 Å². The van der Waals surface area contributed by atoms with Crippen LogP contribution in [0.1, 0.15) is 30.9 Å². The number of amides is 1. The normalized spacial score (nSPS) is 15.5. The first kappa shape index (κ1) is 20.3. The number of benzene rings is 2. The highest BCUT2D eigenvalue weighted by molar-refractivity contribution is 8.15. The number of thioether (sulfide) groups is 1. The molecule has 3 rings (SSSR count). The molecule has 2 aromatic rings. The minimum atomic E-state index is 0.100. The predicted octanol–water partition coefficient (Wildman–Crippen LogP) is 4.63. The van der Waals surface area contributed by atoms with Crippen molar-refractivity contribution in [2.75, 3.05) is 26.5 Å². The van der Waals surface area contributed by atoms with Crippen LogP contribution in [0.25, 0.3) is 0 Å². The van der Waals surface area contributed by atoms with Crippen LogP contribution in [0.3, 0.4) is 0 Å². The molecule has 1 aliphatic heterocycles. The number of aliphatic imine (C=N–C) groups is 1. The number of ether oxygens (including phenoxy) is 2. The summed E-state index contributed by atoms with van der Waals surface area (Å²) < 4.78 is 10.6. The fourth-order valence-corrected chi connectivity index (χ4v) is 3.95. The fraction of sp³-hybridized carbons (Fsp3) is 0.364. The number of carbonyl (C=O) groups is 1. The van der Waals surface area contributed by atoms with Crippen LogP contribution in [0.15, 0.2) is 47.5 Å². The maximum atomic E-state index is 12.3. The molecule has 1 heterocycles. The zero-order valence-corrected chi connectivity index (χ0v) is 17.6. The largest absolute Gasteiger partial charge is 0.493 e. The Balaban J connectivity index is 1.72. The number of hydrogen-bond donors (Lipinski definition) is 0. The lowest BCUT2D eigenvalue weighted by Crippen LogP contribution is -2.31.